The summed E-state index contributed by atoms with van der Waals surface area (Å²) in [5.74, 6) is 0. The fourth-order valence-corrected chi connectivity index (χ4v) is 3.95. The molecular weight excluding hydrogens is 356 g/mol. The van der Waals surface area contributed by atoms with E-state index >= 15 is 0 Å². The molecule has 1 rings (SSSR count). The second kappa shape index (κ2) is 8.85. The smallest absolute Gasteiger partial charge is 0.241 e. The van der Waals surface area contributed by atoms with Gasteiger partial charge in [0.1, 0.15) is 0 Å². The molecule has 0 aliphatic carbocycles. The Bertz CT molecular complexity index is 562. The monoisotopic (exact) mass is 378 g/mol. The number of methoxy groups -OCH3 is 1. The summed E-state index contributed by atoms with van der Waals surface area (Å²) in [7, 11) is -2.01. The van der Waals surface area contributed by atoms with Gasteiger partial charge in [0.25, 0.3) is 0 Å². The molecule has 0 bridgehead atoms. The zero-order valence-corrected chi connectivity index (χ0v) is 15.1. The van der Waals surface area contributed by atoms with Crippen LogP contribution in [0, 0.1) is 6.92 Å². The standard InChI is InChI=1S/C14H23BrN2O3S/c1-4-5-16-10-12-8-11(2)14(15)13(9-12)21(18,19)17-6-7-20-3/h8-9,16-17H,4-7,10H2,1-3H3. The molecule has 0 saturated heterocycles. The van der Waals surface area contributed by atoms with E-state index in [1.807, 2.05) is 13.0 Å². The Morgan fingerprint density at radius 2 is 2.00 bits per heavy atom. The van der Waals surface area contributed by atoms with Crippen molar-refractivity contribution < 1.29 is 13.2 Å². The first kappa shape index (κ1) is 18.6. The Morgan fingerprint density at radius 3 is 2.62 bits per heavy atom. The summed E-state index contributed by atoms with van der Waals surface area (Å²) in [6, 6.07) is 3.69. The van der Waals surface area contributed by atoms with Crippen LogP contribution in [0.5, 0.6) is 0 Å². The molecule has 1 aromatic rings. The number of rotatable bonds is 9. The minimum atomic E-state index is -3.54. The van der Waals surface area contributed by atoms with Gasteiger partial charge in [-0.25, -0.2) is 13.1 Å². The van der Waals surface area contributed by atoms with Gasteiger partial charge in [0.2, 0.25) is 10.0 Å². The van der Waals surface area contributed by atoms with Crippen LogP contribution in [0.4, 0.5) is 0 Å². The van der Waals surface area contributed by atoms with Gasteiger partial charge in [-0.15, -0.1) is 0 Å². The van der Waals surface area contributed by atoms with Crippen molar-refractivity contribution in [3.63, 3.8) is 0 Å². The summed E-state index contributed by atoms with van der Waals surface area (Å²) < 4.78 is 32.7. The minimum Gasteiger partial charge on any atom is -0.383 e. The topological polar surface area (TPSA) is 67.4 Å². The van der Waals surface area contributed by atoms with Gasteiger partial charge in [-0.3, -0.25) is 0 Å². The quantitative estimate of drug-likeness (QED) is 0.646. The van der Waals surface area contributed by atoms with Crippen LogP contribution in [0.2, 0.25) is 0 Å². The normalized spacial score (nSPS) is 11.8. The third kappa shape index (κ3) is 5.67. The number of hydrogen-bond donors (Lipinski definition) is 2. The van der Waals surface area contributed by atoms with Gasteiger partial charge in [0.05, 0.1) is 11.5 Å². The summed E-state index contributed by atoms with van der Waals surface area (Å²) in [6.45, 7) is 6.14. The van der Waals surface area contributed by atoms with Crippen LogP contribution in [0.25, 0.3) is 0 Å². The molecular formula is C14H23BrN2O3S. The summed E-state index contributed by atoms with van der Waals surface area (Å²) in [5, 5.41) is 3.28. The average Bonchev–Trinajstić information content (AvgIpc) is 2.42. The van der Waals surface area contributed by atoms with Gasteiger partial charge in [0.15, 0.2) is 0 Å². The van der Waals surface area contributed by atoms with Crippen molar-refractivity contribution in [2.75, 3.05) is 26.8 Å². The van der Waals surface area contributed by atoms with Crippen molar-refractivity contribution in [3.8, 4) is 0 Å². The molecule has 0 aromatic heterocycles. The lowest BCUT2D eigenvalue weighted by Crippen LogP contribution is -2.28. The molecule has 0 fully saturated rings. The van der Waals surface area contributed by atoms with Gasteiger partial charge in [0, 0.05) is 24.7 Å². The predicted octanol–water partition coefficient (Wildman–Crippen LogP) is 2.18. The van der Waals surface area contributed by atoms with Crippen molar-refractivity contribution >= 4 is 26.0 Å². The Hall–Kier alpha value is -0.470. The lowest BCUT2D eigenvalue weighted by atomic mass is 10.1. The summed E-state index contributed by atoms with van der Waals surface area (Å²) in [4.78, 5) is 0.270. The molecule has 0 aliphatic heterocycles. The van der Waals surface area contributed by atoms with Crippen LogP contribution in [-0.2, 0) is 21.3 Å². The number of aryl methyl sites for hydroxylation is 1. The molecule has 0 aliphatic rings. The highest BCUT2D eigenvalue weighted by Gasteiger charge is 2.19. The lowest BCUT2D eigenvalue weighted by molar-refractivity contribution is 0.204. The fourth-order valence-electron chi connectivity index (χ4n) is 1.87. The first-order valence-corrected chi connectivity index (χ1v) is 9.18. The molecule has 0 unspecified atom stereocenters. The number of ether oxygens (including phenoxy) is 1. The van der Waals surface area contributed by atoms with Crippen LogP contribution in [0.1, 0.15) is 24.5 Å². The van der Waals surface area contributed by atoms with Gasteiger partial charge in [-0.1, -0.05) is 13.0 Å². The van der Waals surface area contributed by atoms with Crippen molar-refractivity contribution in [1.29, 1.82) is 0 Å². The van der Waals surface area contributed by atoms with E-state index in [1.54, 1.807) is 6.07 Å². The molecule has 2 N–H and O–H groups in total. The third-order valence-corrected chi connectivity index (χ3v) is 5.72. The third-order valence-electron chi connectivity index (χ3n) is 2.92. The van der Waals surface area contributed by atoms with E-state index in [0.29, 0.717) is 17.6 Å². The average molecular weight is 379 g/mol. The molecule has 21 heavy (non-hydrogen) atoms. The maximum atomic E-state index is 12.3. The largest absolute Gasteiger partial charge is 0.383 e. The van der Waals surface area contributed by atoms with Crippen LogP contribution in [-0.4, -0.2) is 35.2 Å². The minimum absolute atomic E-state index is 0.253. The maximum absolute atomic E-state index is 12.3. The van der Waals surface area contributed by atoms with Gasteiger partial charge < -0.3 is 10.1 Å². The van der Waals surface area contributed by atoms with E-state index in [9.17, 15) is 8.42 Å². The van der Waals surface area contributed by atoms with E-state index in [-0.39, 0.29) is 11.4 Å². The zero-order chi connectivity index (χ0) is 15.9. The molecule has 0 saturated carbocycles. The number of hydrogen-bond acceptors (Lipinski definition) is 4. The van der Waals surface area contributed by atoms with Crippen molar-refractivity contribution in [1.82, 2.24) is 10.0 Å². The number of sulfonamides is 1. The zero-order valence-electron chi connectivity index (χ0n) is 12.7. The van der Waals surface area contributed by atoms with E-state index < -0.39 is 10.0 Å². The van der Waals surface area contributed by atoms with E-state index in [1.165, 1.54) is 7.11 Å². The maximum Gasteiger partial charge on any atom is 0.241 e. The number of benzene rings is 1. The number of halogens is 1. The van der Waals surface area contributed by atoms with E-state index in [2.05, 4.69) is 32.9 Å². The SMILES string of the molecule is CCCNCc1cc(C)c(Br)c(S(=O)(=O)NCCOC)c1. The fraction of sp³-hybridized carbons (Fsp3) is 0.571. The molecule has 0 radical (unpaired) electrons. The van der Waals surface area contributed by atoms with Gasteiger partial charge >= 0.3 is 0 Å². The van der Waals surface area contributed by atoms with Crippen LogP contribution in [0.15, 0.2) is 21.5 Å². The Balaban J connectivity index is 2.99. The van der Waals surface area contributed by atoms with Gasteiger partial charge in [-0.05, 0) is 53.0 Å². The van der Waals surface area contributed by atoms with Crippen LogP contribution in [0.3, 0.4) is 0 Å². The highest BCUT2D eigenvalue weighted by atomic mass is 79.9. The highest BCUT2D eigenvalue weighted by Crippen LogP contribution is 2.27. The second-order valence-electron chi connectivity index (χ2n) is 4.79. The molecule has 0 amide bonds. The predicted molar refractivity (Wildman–Crippen MR) is 87.9 cm³/mol. The molecule has 5 nitrogen and oxygen atoms in total. The molecule has 7 heteroatoms. The van der Waals surface area contributed by atoms with Crippen LogP contribution < -0.4 is 10.0 Å². The summed E-state index contributed by atoms with van der Waals surface area (Å²) in [6.07, 6.45) is 1.04. The highest BCUT2D eigenvalue weighted by molar-refractivity contribution is 9.10. The van der Waals surface area contributed by atoms with Gasteiger partial charge in [-0.2, -0.15) is 0 Å². The Kier molecular flexibility index (Phi) is 7.83. The molecule has 0 atom stereocenters. The van der Waals surface area contributed by atoms with E-state index in [4.69, 9.17) is 4.74 Å². The van der Waals surface area contributed by atoms with Crippen molar-refractivity contribution in [2.45, 2.75) is 31.7 Å². The first-order chi connectivity index (χ1) is 9.92. The summed E-state index contributed by atoms with van der Waals surface area (Å²) in [5.41, 5.74) is 1.86. The molecule has 0 heterocycles. The summed E-state index contributed by atoms with van der Waals surface area (Å²) >= 11 is 3.37. The Morgan fingerprint density at radius 1 is 1.29 bits per heavy atom. The van der Waals surface area contributed by atoms with Crippen molar-refractivity contribution in [3.05, 3.63) is 27.7 Å². The van der Waals surface area contributed by atoms with Crippen LogP contribution >= 0.6 is 15.9 Å². The first-order valence-electron chi connectivity index (χ1n) is 6.90. The van der Waals surface area contributed by atoms with Crippen molar-refractivity contribution in [2.24, 2.45) is 0 Å². The molecule has 120 valence electrons. The Labute approximate surface area is 135 Å². The lowest BCUT2D eigenvalue weighted by Gasteiger charge is -2.13. The second-order valence-corrected chi connectivity index (χ2v) is 7.32. The number of nitrogens with one attached hydrogen (secondary N) is 2. The van der Waals surface area contributed by atoms with E-state index in [0.717, 1.165) is 24.1 Å². The molecule has 1 aromatic carbocycles. The molecule has 0 spiro atoms.